The highest BCUT2D eigenvalue weighted by Crippen LogP contribution is 2.07. The Morgan fingerprint density at radius 1 is 1.00 bits per heavy atom. The maximum absolute atomic E-state index is 4.48. The summed E-state index contributed by atoms with van der Waals surface area (Å²) >= 11 is 0. The van der Waals surface area contributed by atoms with Crippen LogP contribution in [0.4, 0.5) is 0 Å². The number of rotatable bonds is 2. The minimum Gasteiger partial charge on any atom is -0.290 e. The van der Waals surface area contributed by atoms with Crippen LogP contribution in [0.1, 0.15) is 20.3 Å². The lowest BCUT2D eigenvalue weighted by Crippen LogP contribution is -2.01. The number of imidazole rings is 1. The molecule has 3 rings (SSSR count). The van der Waals surface area contributed by atoms with Crippen LogP contribution in [-0.2, 0) is 0 Å². The molecule has 0 amide bonds. The van der Waals surface area contributed by atoms with Gasteiger partial charge in [-0.15, -0.1) is 0 Å². The molecule has 0 aliphatic rings. The fraction of sp³-hybridized carbons (Fsp3) is 0.214. The lowest BCUT2D eigenvalue weighted by atomic mass is 10.4. The van der Waals surface area contributed by atoms with E-state index in [1.807, 2.05) is 41.2 Å². The van der Waals surface area contributed by atoms with Gasteiger partial charge >= 0.3 is 0 Å². The molecule has 0 aromatic carbocycles. The van der Waals surface area contributed by atoms with E-state index in [1.165, 1.54) is 6.42 Å². The Balaban J connectivity index is 0.000000408. The summed E-state index contributed by atoms with van der Waals surface area (Å²) in [5.74, 6) is 1.61. The van der Waals surface area contributed by atoms with E-state index in [0.29, 0.717) is 0 Å². The Kier molecular flexibility index (Phi) is 4.44. The Morgan fingerprint density at radius 2 is 1.79 bits per heavy atom. The van der Waals surface area contributed by atoms with E-state index in [1.54, 1.807) is 23.4 Å². The van der Waals surface area contributed by atoms with E-state index >= 15 is 0 Å². The van der Waals surface area contributed by atoms with Gasteiger partial charge in [-0.1, -0.05) is 26.3 Å². The number of hydrogen-bond acceptors (Lipinski definition) is 3. The van der Waals surface area contributed by atoms with E-state index in [9.17, 15) is 0 Å². The molecule has 0 saturated heterocycles. The lowest BCUT2D eigenvalue weighted by Gasteiger charge is -2.04. The summed E-state index contributed by atoms with van der Waals surface area (Å²) in [5, 5.41) is 4.14. The topological polar surface area (TPSA) is 48.5 Å². The second-order valence-electron chi connectivity index (χ2n) is 3.98. The summed E-state index contributed by atoms with van der Waals surface area (Å²) in [6.45, 7) is 4.25. The third-order valence-electron chi connectivity index (χ3n) is 2.23. The van der Waals surface area contributed by atoms with Gasteiger partial charge in [0.2, 0.25) is 0 Å². The van der Waals surface area contributed by atoms with Gasteiger partial charge in [0.25, 0.3) is 0 Å². The molecule has 0 N–H and O–H groups in total. The van der Waals surface area contributed by atoms with Crippen LogP contribution >= 0.6 is 0 Å². The van der Waals surface area contributed by atoms with Crippen LogP contribution in [0, 0.1) is 0 Å². The van der Waals surface area contributed by atoms with E-state index in [4.69, 9.17) is 0 Å². The minimum atomic E-state index is 0.788. The molecule has 0 bridgehead atoms. The van der Waals surface area contributed by atoms with Gasteiger partial charge in [-0.3, -0.25) is 4.57 Å². The first-order valence-corrected chi connectivity index (χ1v) is 6.30. The highest BCUT2D eigenvalue weighted by atomic mass is 15.3. The van der Waals surface area contributed by atoms with Crippen molar-refractivity contribution in [2.75, 3.05) is 0 Å². The molecular formula is C14H17N5. The van der Waals surface area contributed by atoms with Gasteiger partial charge in [0.05, 0.1) is 0 Å². The predicted molar refractivity (Wildman–Crippen MR) is 74.4 cm³/mol. The summed E-state index contributed by atoms with van der Waals surface area (Å²) in [7, 11) is 0. The zero-order valence-corrected chi connectivity index (χ0v) is 11.1. The van der Waals surface area contributed by atoms with Crippen LogP contribution in [0.5, 0.6) is 0 Å². The molecule has 3 heterocycles. The second kappa shape index (κ2) is 6.49. The molecule has 0 aliphatic heterocycles. The first kappa shape index (κ1) is 13.0. The highest BCUT2D eigenvalue weighted by Gasteiger charge is 2.00. The molecule has 0 radical (unpaired) electrons. The standard InChI is InChI=1S/C11H9N5.C3H8/c1-3-10(15-8-6-12-9-15)14-11(4-1)16-7-2-5-13-16;1-3-2/h1-9H;3H2,1-2H3. The first-order chi connectivity index (χ1) is 9.35. The molecule has 3 aromatic rings. The van der Waals surface area contributed by atoms with Crippen molar-refractivity contribution in [2.24, 2.45) is 0 Å². The summed E-state index contributed by atoms with van der Waals surface area (Å²) in [6.07, 6.45) is 10.1. The molecule has 0 unspecified atom stereocenters. The Labute approximate surface area is 112 Å². The minimum absolute atomic E-state index is 0.788. The van der Waals surface area contributed by atoms with Gasteiger partial charge in [-0.25, -0.2) is 14.6 Å². The van der Waals surface area contributed by atoms with Crippen LogP contribution in [0.3, 0.4) is 0 Å². The predicted octanol–water partition coefficient (Wildman–Crippen LogP) is 2.87. The molecule has 0 aliphatic carbocycles. The van der Waals surface area contributed by atoms with Crippen molar-refractivity contribution in [3.05, 3.63) is 55.4 Å². The normalized spacial score (nSPS) is 9.79. The summed E-state index contributed by atoms with van der Waals surface area (Å²) in [5.41, 5.74) is 0. The Bertz CT molecular complexity index is 535. The van der Waals surface area contributed by atoms with E-state index in [-0.39, 0.29) is 0 Å². The molecule has 19 heavy (non-hydrogen) atoms. The van der Waals surface area contributed by atoms with Crippen molar-refractivity contribution in [1.29, 1.82) is 0 Å². The van der Waals surface area contributed by atoms with E-state index in [0.717, 1.165) is 11.6 Å². The average Bonchev–Trinajstić information content (AvgIpc) is 3.14. The van der Waals surface area contributed by atoms with Gasteiger partial charge in [0.15, 0.2) is 5.82 Å². The molecule has 0 spiro atoms. The van der Waals surface area contributed by atoms with Crippen molar-refractivity contribution in [2.45, 2.75) is 20.3 Å². The maximum atomic E-state index is 4.48. The van der Waals surface area contributed by atoms with E-state index < -0.39 is 0 Å². The molecule has 3 aromatic heterocycles. The monoisotopic (exact) mass is 255 g/mol. The van der Waals surface area contributed by atoms with Crippen molar-refractivity contribution < 1.29 is 0 Å². The molecule has 0 atom stereocenters. The van der Waals surface area contributed by atoms with Crippen LogP contribution in [0.25, 0.3) is 11.6 Å². The highest BCUT2D eigenvalue weighted by molar-refractivity contribution is 5.31. The van der Waals surface area contributed by atoms with Gasteiger partial charge in [0, 0.05) is 24.8 Å². The molecule has 0 fully saturated rings. The van der Waals surface area contributed by atoms with Gasteiger partial charge in [-0.2, -0.15) is 5.10 Å². The van der Waals surface area contributed by atoms with Crippen molar-refractivity contribution in [3.8, 4) is 11.6 Å². The zero-order chi connectivity index (χ0) is 13.5. The number of nitrogens with zero attached hydrogens (tertiary/aromatic N) is 5. The van der Waals surface area contributed by atoms with Crippen molar-refractivity contribution >= 4 is 0 Å². The van der Waals surface area contributed by atoms with Gasteiger partial charge in [-0.05, 0) is 18.2 Å². The number of pyridine rings is 1. The third kappa shape index (κ3) is 3.28. The van der Waals surface area contributed by atoms with Crippen LogP contribution in [-0.4, -0.2) is 24.3 Å². The molecule has 5 nitrogen and oxygen atoms in total. The fourth-order valence-corrected chi connectivity index (χ4v) is 1.48. The number of aromatic nitrogens is 5. The first-order valence-electron chi connectivity index (χ1n) is 6.30. The van der Waals surface area contributed by atoms with Crippen molar-refractivity contribution in [3.63, 3.8) is 0 Å². The Hall–Kier alpha value is -2.43. The van der Waals surface area contributed by atoms with Gasteiger partial charge in [0.1, 0.15) is 12.1 Å². The van der Waals surface area contributed by atoms with Crippen LogP contribution in [0.15, 0.2) is 55.4 Å². The van der Waals surface area contributed by atoms with Gasteiger partial charge < -0.3 is 0 Å². The SMILES string of the molecule is CCC.c1cc(-n2ccnc2)nc(-n2cccn2)c1. The maximum Gasteiger partial charge on any atom is 0.155 e. The lowest BCUT2D eigenvalue weighted by molar-refractivity contribution is 0.834. The number of hydrogen-bond donors (Lipinski definition) is 0. The molecule has 5 heteroatoms. The Morgan fingerprint density at radius 3 is 2.42 bits per heavy atom. The average molecular weight is 255 g/mol. The quantitative estimate of drug-likeness (QED) is 0.707. The summed E-state index contributed by atoms with van der Waals surface area (Å²) < 4.78 is 3.58. The molecular weight excluding hydrogens is 238 g/mol. The third-order valence-corrected chi connectivity index (χ3v) is 2.23. The fourth-order valence-electron chi connectivity index (χ4n) is 1.48. The van der Waals surface area contributed by atoms with Crippen LogP contribution in [0.2, 0.25) is 0 Å². The zero-order valence-electron chi connectivity index (χ0n) is 11.1. The van der Waals surface area contributed by atoms with Crippen LogP contribution < -0.4 is 0 Å². The van der Waals surface area contributed by atoms with E-state index in [2.05, 4.69) is 28.9 Å². The molecule has 0 saturated carbocycles. The molecule has 98 valence electrons. The smallest absolute Gasteiger partial charge is 0.155 e. The summed E-state index contributed by atoms with van der Waals surface area (Å²) in [4.78, 5) is 8.47. The van der Waals surface area contributed by atoms with Crippen molar-refractivity contribution in [1.82, 2.24) is 24.3 Å². The largest absolute Gasteiger partial charge is 0.290 e. The second-order valence-corrected chi connectivity index (χ2v) is 3.98. The summed E-state index contributed by atoms with van der Waals surface area (Å²) in [6, 6.07) is 7.65.